The quantitative estimate of drug-likeness (QED) is 0.0768. The summed E-state index contributed by atoms with van der Waals surface area (Å²) in [5.41, 5.74) is 0. The predicted octanol–water partition coefficient (Wildman–Crippen LogP) is -1.09. The number of rotatable bonds is 20. The van der Waals surface area contributed by atoms with Crippen LogP contribution in [0.3, 0.4) is 0 Å². The Labute approximate surface area is 280 Å². The Hall–Kier alpha value is -2.73. The van der Waals surface area contributed by atoms with Crippen LogP contribution >= 0.6 is 0 Å². The third kappa shape index (κ3) is 30.4. The monoisotopic (exact) mass is 678 g/mol. The summed E-state index contributed by atoms with van der Waals surface area (Å²) >= 11 is 0. The summed E-state index contributed by atoms with van der Waals surface area (Å²) in [7, 11) is 1.00. The van der Waals surface area contributed by atoms with Crippen LogP contribution in [-0.2, 0) is 33.4 Å². The number of aldehydes is 1. The molecule has 16 nitrogen and oxygen atoms in total. The van der Waals surface area contributed by atoms with Gasteiger partial charge in [-0.05, 0) is 25.3 Å². The lowest BCUT2D eigenvalue weighted by molar-refractivity contribution is -0.138. The van der Waals surface area contributed by atoms with E-state index in [4.69, 9.17) is 24.5 Å². The molecule has 16 heteroatoms. The maximum absolute atomic E-state index is 12.6. The van der Waals surface area contributed by atoms with Crippen LogP contribution in [0.2, 0.25) is 0 Å². The van der Waals surface area contributed by atoms with E-state index >= 15 is 0 Å². The summed E-state index contributed by atoms with van der Waals surface area (Å²) in [5, 5.41) is 29.0. The van der Waals surface area contributed by atoms with E-state index in [1.807, 2.05) is 4.90 Å². The van der Waals surface area contributed by atoms with Gasteiger partial charge in [0.05, 0.1) is 46.1 Å². The zero-order chi connectivity index (χ0) is 35.7. The van der Waals surface area contributed by atoms with Gasteiger partial charge in [0.2, 0.25) is 11.8 Å². The topological polar surface area (TPSA) is 202 Å². The Kier molecular flexibility index (Phi) is 32.8. The Bertz CT molecular complexity index is 809. The number of amides is 2. The van der Waals surface area contributed by atoms with Crippen LogP contribution in [-0.4, -0.2) is 191 Å². The first-order valence-corrected chi connectivity index (χ1v) is 16.4. The first-order chi connectivity index (χ1) is 22.6. The number of aliphatic hydroxyl groups excluding tert-OH is 1. The molecule has 0 aliphatic carbocycles. The van der Waals surface area contributed by atoms with E-state index in [1.165, 1.54) is 0 Å². The van der Waals surface area contributed by atoms with Gasteiger partial charge in [0.25, 0.3) is 6.47 Å². The Morgan fingerprint density at radius 3 is 1.74 bits per heavy atom. The molecule has 0 aromatic rings. The number of hydrogen-bond donors (Lipinski definition) is 5. The minimum Gasteiger partial charge on any atom is -0.483 e. The number of likely N-dealkylation sites (N-methyl/N-ethyl adjacent to an activating group) is 1. The molecule has 0 aromatic carbocycles. The average molecular weight is 679 g/mol. The van der Waals surface area contributed by atoms with Crippen molar-refractivity contribution in [2.75, 3.05) is 125 Å². The minimum absolute atomic E-state index is 0.00196. The van der Waals surface area contributed by atoms with Crippen molar-refractivity contribution in [2.45, 2.75) is 40.0 Å². The van der Waals surface area contributed by atoms with Gasteiger partial charge in [0.1, 0.15) is 6.29 Å². The van der Waals surface area contributed by atoms with Gasteiger partial charge in [-0.1, -0.05) is 20.8 Å². The largest absolute Gasteiger partial charge is 0.483 e. The SMILES string of the molecule is CCN1CCN(CC=O)CCN(CC(=O)O)CCN(CC(=O)NCCOCCOCCC(=O)NCCCC(C)C)CC1.CO.O=CO. The summed E-state index contributed by atoms with van der Waals surface area (Å²) in [4.78, 5) is 63.6. The molecule has 0 atom stereocenters. The van der Waals surface area contributed by atoms with Crippen molar-refractivity contribution in [2.24, 2.45) is 5.92 Å². The minimum atomic E-state index is -0.895. The van der Waals surface area contributed by atoms with Gasteiger partial charge >= 0.3 is 5.97 Å². The second-order valence-electron chi connectivity index (χ2n) is 11.2. The molecule has 1 saturated heterocycles. The molecular weight excluding hydrogens is 616 g/mol. The molecule has 5 N–H and O–H groups in total. The van der Waals surface area contributed by atoms with Crippen molar-refractivity contribution >= 4 is 30.5 Å². The molecule has 1 aliphatic heterocycles. The van der Waals surface area contributed by atoms with Crippen LogP contribution in [0.1, 0.15) is 40.0 Å². The van der Waals surface area contributed by atoms with Gasteiger partial charge in [0, 0.05) is 79.0 Å². The first-order valence-electron chi connectivity index (χ1n) is 16.4. The Morgan fingerprint density at radius 1 is 0.745 bits per heavy atom. The van der Waals surface area contributed by atoms with Crippen molar-refractivity contribution in [3.8, 4) is 0 Å². The molecule has 1 rings (SSSR count). The number of hydrogen-bond acceptors (Lipinski definition) is 12. The van der Waals surface area contributed by atoms with Crippen LogP contribution in [0.4, 0.5) is 0 Å². The fraction of sp³-hybridized carbons (Fsp3) is 0.839. The van der Waals surface area contributed by atoms with Gasteiger partial charge in [0.15, 0.2) is 0 Å². The zero-order valence-electron chi connectivity index (χ0n) is 29.1. The first kappa shape index (κ1) is 46.4. The number of aliphatic hydroxyl groups is 1. The Balaban J connectivity index is 0. The van der Waals surface area contributed by atoms with E-state index in [2.05, 4.69) is 46.1 Å². The summed E-state index contributed by atoms with van der Waals surface area (Å²) < 4.78 is 11.0. The molecular formula is C31H62N6O10. The van der Waals surface area contributed by atoms with E-state index in [9.17, 15) is 24.3 Å². The smallest absolute Gasteiger partial charge is 0.317 e. The molecule has 2 amide bonds. The number of carbonyl (C=O) groups is 5. The highest BCUT2D eigenvalue weighted by Crippen LogP contribution is 2.02. The van der Waals surface area contributed by atoms with Crippen molar-refractivity contribution in [3.63, 3.8) is 0 Å². The van der Waals surface area contributed by atoms with Crippen molar-refractivity contribution < 1.29 is 48.8 Å². The second kappa shape index (κ2) is 33.2. The molecule has 47 heavy (non-hydrogen) atoms. The third-order valence-corrected chi connectivity index (χ3v) is 7.13. The molecule has 276 valence electrons. The highest BCUT2D eigenvalue weighted by atomic mass is 16.5. The van der Waals surface area contributed by atoms with Crippen LogP contribution in [0.5, 0.6) is 0 Å². The summed E-state index contributed by atoms with van der Waals surface area (Å²) in [6.45, 7) is 15.3. The molecule has 1 fully saturated rings. The third-order valence-electron chi connectivity index (χ3n) is 7.13. The highest BCUT2D eigenvalue weighted by Gasteiger charge is 2.18. The maximum atomic E-state index is 12.6. The van der Waals surface area contributed by atoms with Crippen molar-refractivity contribution in [1.82, 2.24) is 30.2 Å². The van der Waals surface area contributed by atoms with Crippen LogP contribution in [0.25, 0.3) is 0 Å². The highest BCUT2D eigenvalue weighted by molar-refractivity contribution is 5.78. The standard InChI is InChI=1S/C29H56N6O7.CH2O2.CH4O/c1-4-32-10-12-33(18-19-36)13-15-35(25-29(39)40)17-16-34(14-11-32)24-28(38)31-9-21-42-23-22-41-20-7-27(37)30-8-5-6-26(2)3;2-1-3;1-2/h19,26H,4-18,20-25H2,1-3H3,(H,30,37)(H,31,38)(H,39,40);1H,(H,2,3);2H,1H3. The zero-order valence-corrected chi connectivity index (χ0v) is 29.1. The Morgan fingerprint density at radius 2 is 1.23 bits per heavy atom. The molecule has 0 unspecified atom stereocenters. The van der Waals surface area contributed by atoms with E-state index in [0.717, 1.165) is 52.4 Å². The van der Waals surface area contributed by atoms with Gasteiger partial charge in [-0.15, -0.1) is 0 Å². The summed E-state index contributed by atoms with van der Waals surface area (Å²) in [6, 6.07) is 0. The summed E-state index contributed by atoms with van der Waals surface area (Å²) in [6.07, 6.45) is 3.31. The van der Waals surface area contributed by atoms with Gasteiger partial charge in [-0.2, -0.15) is 0 Å². The van der Waals surface area contributed by atoms with Gasteiger partial charge in [-0.3, -0.25) is 33.9 Å². The number of carboxylic acid groups (broad SMARTS) is 2. The second-order valence-corrected chi connectivity index (χ2v) is 11.2. The van der Waals surface area contributed by atoms with E-state index < -0.39 is 5.97 Å². The summed E-state index contributed by atoms with van der Waals surface area (Å²) in [5.74, 6) is -0.362. The number of nitrogens with zero attached hydrogens (tertiary/aromatic N) is 4. The lowest BCUT2D eigenvalue weighted by Gasteiger charge is -2.32. The van der Waals surface area contributed by atoms with Crippen molar-refractivity contribution in [3.05, 3.63) is 0 Å². The van der Waals surface area contributed by atoms with Gasteiger partial charge < -0.3 is 45.1 Å². The van der Waals surface area contributed by atoms with Crippen molar-refractivity contribution in [1.29, 1.82) is 0 Å². The van der Waals surface area contributed by atoms with E-state index in [-0.39, 0.29) is 31.4 Å². The van der Waals surface area contributed by atoms with Crippen LogP contribution < -0.4 is 10.6 Å². The molecule has 1 aliphatic rings. The maximum Gasteiger partial charge on any atom is 0.317 e. The van der Waals surface area contributed by atoms with Gasteiger partial charge in [-0.25, -0.2) is 0 Å². The normalized spacial score (nSPS) is 15.5. The number of nitrogens with one attached hydrogen (secondary N) is 2. The molecule has 0 aromatic heterocycles. The van der Waals surface area contributed by atoms with E-state index in [0.29, 0.717) is 91.1 Å². The number of carbonyl (C=O) groups excluding carboxylic acids is 3. The molecule has 0 spiro atoms. The molecule has 0 radical (unpaired) electrons. The number of carboxylic acids is 1. The van der Waals surface area contributed by atoms with E-state index in [1.54, 1.807) is 0 Å². The molecule has 0 bridgehead atoms. The molecule has 0 saturated carbocycles. The average Bonchev–Trinajstić information content (AvgIpc) is 3.03. The van der Waals surface area contributed by atoms with Crippen LogP contribution in [0.15, 0.2) is 0 Å². The number of aliphatic carboxylic acids is 1. The molecule has 1 heterocycles. The lowest BCUT2D eigenvalue weighted by Crippen LogP contribution is -2.49. The fourth-order valence-corrected chi connectivity index (χ4v) is 4.53. The van der Waals surface area contributed by atoms with Crippen LogP contribution in [0, 0.1) is 5.92 Å². The lowest BCUT2D eigenvalue weighted by atomic mass is 10.1. The fourth-order valence-electron chi connectivity index (χ4n) is 4.53. The number of ether oxygens (including phenoxy) is 2. The predicted molar refractivity (Wildman–Crippen MR) is 178 cm³/mol.